The molecule has 1 heterocycles. The van der Waals surface area contributed by atoms with Crippen LogP contribution in [-0.2, 0) is 23.1 Å². The molecule has 7 nitrogen and oxygen atoms in total. The van der Waals surface area contributed by atoms with Gasteiger partial charge in [0.2, 0.25) is 0 Å². The number of carbonyl (C=O) groups excluding carboxylic acids is 2. The van der Waals surface area contributed by atoms with Gasteiger partial charge < -0.3 is 19.9 Å². The average Bonchev–Trinajstić information content (AvgIpc) is 2.70. The Balaban J connectivity index is 2.22. The Hall–Kier alpha value is -2.05. The Morgan fingerprint density at radius 2 is 2.24 bits per heavy atom. The van der Waals surface area contributed by atoms with Gasteiger partial charge in [0.1, 0.15) is 12.4 Å². The van der Waals surface area contributed by atoms with E-state index < -0.39 is 12.0 Å². The van der Waals surface area contributed by atoms with Crippen LogP contribution in [0.5, 0.6) is 0 Å². The third kappa shape index (κ3) is 4.54. The molecule has 2 N–H and O–H groups in total. The Kier molecular flexibility index (Phi) is 4.99. The van der Waals surface area contributed by atoms with Gasteiger partial charge in [0, 0.05) is 19.4 Å². The Morgan fingerprint density at radius 3 is 2.82 bits per heavy atom. The van der Waals surface area contributed by atoms with Crippen molar-refractivity contribution in [3.63, 3.8) is 0 Å². The molecule has 94 valence electrons. The van der Waals surface area contributed by atoms with Crippen LogP contribution in [0.3, 0.4) is 0 Å². The molecule has 0 saturated heterocycles. The Morgan fingerprint density at radius 1 is 1.47 bits per heavy atom. The second kappa shape index (κ2) is 6.51. The first-order chi connectivity index (χ1) is 8.13. The number of urea groups is 1. The SMILES string of the molecule is CCOC(=O)CNC(=O)NCc1nccn1C. The minimum atomic E-state index is -0.459. The van der Waals surface area contributed by atoms with E-state index in [0.717, 1.165) is 5.82 Å². The molecule has 1 rings (SSSR count). The first-order valence-electron chi connectivity index (χ1n) is 5.27. The fourth-order valence-electron chi connectivity index (χ4n) is 1.15. The molecule has 0 aliphatic heterocycles. The number of aromatic nitrogens is 2. The van der Waals surface area contributed by atoms with Gasteiger partial charge in [0.15, 0.2) is 0 Å². The summed E-state index contributed by atoms with van der Waals surface area (Å²) in [4.78, 5) is 26.3. The van der Waals surface area contributed by atoms with Crippen molar-refractivity contribution in [1.29, 1.82) is 0 Å². The van der Waals surface area contributed by atoms with Gasteiger partial charge in [-0.05, 0) is 6.92 Å². The maximum absolute atomic E-state index is 11.3. The standard InChI is InChI=1S/C10H16N4O3/c1-3-17-9(15)7-13-10(16)12-6-8-11-4-5-14(8)2/h4-5H,3,6-7H2,1-2H3,(H2,12,13,16). The first kappa shape index (κ1) is 13.0. The summed E-state index contributed by atoms with van der Waals surface area (Å²) in [5.41, 5.74) is 0. The van der Waals surface area contributed by atoms with Crippen LogP contribution in [0.25, 0.3) is 0 Å². The summed E-state index contributed by atoms with van der Waals surface area (Å²) in [7, 11) is 1.83. The lowest BCUT2D eigenvalue weighted by atomic mass is 10.5. The molecule has 0 radical (unpaired) electrons. The average molecular weight is 240 g/mol. The number of hydrogen-bond acceptors (Lipinski definition) is 4. The zero-order valence-corrected chi connectivity index (χ0v) is 9.90. The largest absolute Gasteiger partial charge is 0.465 e. The number of imidazole rings is 1. The van der Waals surface area contributed by atoms with Crippen molar-refractivity contribution in [2.24, 2.45) is 7.05 Å². The minimum Gasteiger partial charge on any atom is -0.465 e. The maximum Gasteiger partial charge on any atom is 0.325 e. The maximum atomic E-state index is 11.3. The topological polar surface area (TPSA) is 85.2 Å². The van der Waals surface area contributed by atoms with E-state index in [9.17, 15) is 9.59 Å². The molecule has 0 saturated carbocycles. The number of hydrogen-bond donors (Lipinski definition) is 2. The van der Waals surface area contributed by atoms with Gasteiger partial charge in [-0.1, -0.05) is 0 Å². The molecule has 1 aromatic heterocycles. The number of esters is 1. The highest BCUT2D eigenvalue weighted by atomic mass is 16.5. The molecule has 0 aromatic carbocycles. The number of carbonyl (C=O) groups is 2. The van der Waals surface area contributed by atoms with Crippen LogP contribution in [0.2, 0.25) is 0 Å². The zero-order valence-electron chi connectivity index (χ0n) is 9.90. The van der Waals surface area contributed by atoms with Crippen LogP contribution < -0.4 is 10.6 Å². The lowest BCUT2D eigenvalue weighted by Crippen LogP contribution is -2.39. The second-order valence-corrected chi connectivity index (χ2v) is 3.30. The second-order valence-electron chi connectivity index (χ2n) is 3.30. The molecule has 2 amide bonds. The van der Waals surface area contributed by atoms with Crippen molar-refractivity contribution in [2.75, 3.05) is 13.2 Å². The summed E-state index contributed by atoms with van der Waals surface area (Å²) in [5, 5.41) is 4.97. The van der Waals surface area contributed by atoms with E-state index in [1.54, 1.807) is 23.9 Å². The van der Waals surface area contributed by atoms with Gasteiger partial charge in [-0.3, -0.25) is 4.79 Å². The molecule has 0 unspecified atom stereocenters. The number of rotatable bonds is 5. The Labute approximate surface area is 99.2 Å². The first-order valence-corrected chi connectivity index (χ1v) is 5.27. The van der Waals surface area contributed by atoms with Crippen molar-refractivity contribution in [1.82, 2.24) is 20.2 Å². The lowest BCUT2D eigenvalue weighted by molar-refractivity contribution is -0.141. The summed E-state index contributed by atoms with van der Waals surface area (Å²) in [6.45, 7) is 2.17. The molecule has 0 aliphatic carbocycles. The quantitative estimate of drug-likeness (QED) is 0.697. The normalized spacial score (nSPS) is 9.76. The van der Waals surface area contributed by atoms with Crippen molar-refractivity contribution in [2.45, 2.75) is 13.5 Å². The smallest absolute Gasteiger partial charge is 0.325 e. The van der Waals surface area contributed by atoms with Gasteiger partial charge >= 0.3 is 12.0 Å². The molecular formula is C10H16N4O3. The van der Waals surface area contributed by atoms with E-state index in [4.69, 9.17) is 0 Å². The number of ether oxygens (including phenoxy) is 1. The van der Waals surface area contributed by atoms with Crippen LogP contribution in [-0.4, -0.2) is 34.7 Å². The van der Waals surface area contributed by atoms with Crippen LogP contribution in [0.15, 0.2) is 12.4 Å². The highest BCUT2D eigenvalue weighted by Gasteiger charge is 2.06. The van der Waals surface area contributed by atoms with Crippen LogP contribution >= 0.6 is 0 Å². The molecule has 1 aromatic rings. The molecule has 0 spiro atoms. The van der Waals surface area contributed by atoms with E-state index in [-0.39, 0.29) is 6.54 Å². The number of amides is 2. The number of aryl methyl sites for hydroxylation is 1. The van der Waals surface area contributed by atoms with Gasteiger partial charge in [-0.2, -0.15) is 0 Å². The molecule has 0 atom stereocenters. The monoisotopic (exact) mass is 240 g/mol. The Bertz CT molecular complexity index is 389. The van der Waals surface area contributed by atoms with Crippen LogP contribution in [0.4, 0.5) is 4.79 Å². The predicted octanol–water partition coefficient (Wildman–Crippen LogP) is -0.218. The highest BCUT2D eigenvalue weighted by molar-refractivity contribution is 5.80. The van der Waals surface area contributed by atoms with Gasteiger partial charge in [0.05, 0.1) is 13.2 Å². The third-order valence-corrected chi connectivity index (χ3v) is 2.03. The van der Waals surface area contributed by atoms with E-state index in [2.05, 4.69) is 20.4 Å². The van der Waals surface area contributed by atoms with Crippen LogP contribution in [0, 0.1) is 0 Å². The molecule has 7 heteroatoms. The number of nitrogens with one attached hydrogen (secondary N) is 2. The van der Waals surface area contributed by atoms with Crippen molar-refractivity contribution >= 4 is 12.0 Å². The molecular weight excluding hydrogens is 224 g/mol. The summed E-state index contributed by atoms with van der Waals surface area (Å²) < 4.78 is 6.46. The van der Waals surface area contributed by atoms with Gasteiger partial charge in [-0.15, -0.1) is 0 Å². The van der Waals surface area contributed by atoms with Gasteiger partial charge in [-0.25, -0.2) is 9.78 Å². The minimum absolute atomic E-state index is 0.139. The highest BCUT2D eigenvalue weighted by Crippen LogP contribution is 1.92. The summed E-state index contributed by atoms with van der Waals surface area (Å²) in [6, 6.07) is -0.430. The molecule has 0 bridgehead atoms. The van der Waals surface area contributed by atoms with Crippen molar-refractivity contribution < 1.29 is 14.3 Å². The van der Waals surface area contributed by atoms with E-state index in [1.807, 2.05) is 7.05 Å². The molecule has 0 fully saturated rings. The molecule has 17 heavy (non-hydrogen) atoms. The zero-order chi connectivity index (χ0) is 12.7. The van der Waals surface area contributed by atoms with Gasteiger partial charge in [0.25, 0.3) is 0 Å². The van der Waals surface area contributed by atoms with E-state index in [1.165, 1.54) is 0 Å². The fourth-order valence-corrected chi connectivity index (χ4v) is 1.15. The predicted molar refractivity (Wildman–Crippen MR) is 60.1 cm³/mol. The summed E-state index contributed by atoms with van der Waals surface area (Å²) in [6.07, 6.45) is 3.43. The molecule has 0 aliphatic rings. The van der Waals surface area contributed by atoms with Crippen molar-refractivity contribution in [3.8, 4) is 0 Å². The summed E-state index contributed by atoms with van der Waals surface area (Å²) in [5.74, 6) is 0.274. The summed E-state index contributed by atoms with van der Waals surface area (Å²) >= 11 is 0. The fraction of sp³-hybridized carbons (Fsp3) is 0.500. The third-order valence-electron chi connectivity index (χ3n) is 2.03. The lowest BCUT2D eigenvalue weighted by Gasteiger charge is -2.07. The van der Waals surface area contributed by atoms with Crippen LogP contribution in [0.1, 0.15) is 12.7 Å². The van der Waals surface area contributed by atoms with E-state index in [0.29, 0.717) is 13.2 Å². The number of nitrogens with zero attached hydrogens (tertiary/aromatic N) is 2. The van der Waals surface area contributed by atoms with E-state index >= 15 is 0 Å². The van der Waals surface area contributed by atoms with Crippen molar-refractivity contribution in [3.05, 3.63) is 18.2 Å².